The van der Waals surface area contributed by atoms with Gasteiger partial charge in [0.05, 0.1) is 12.1 Å². The molecule has 0 unspecified atom stereocenters. The van der Waals surface area contributed by atoms with Crippen molar-refractivity contribution in [3.63, 3.8) is 0 Å². The number of benzene rings is 1. The summed E-state index contributed by atoms with van der Waals surface area (Å²) in [5, 5.41) is 0.104. The van der Waals surface area contributed by atoms with Crippen molar-refractivity contribution >= 4 is 27.6 Å². The largest absolute Gasteiger partial charge is 0.468 e. The molecule has 0 aliphatic carbocycles. The lowest BCUT2D eigenvalue weighted by Gasteiger charge is -2.22. The summed E-state index contributed by atoms with van der Waals surface area (Å²) < 4.78 is 31.6. The summed E-state index contributed by atoms with van der Waals surface area (Å²) in [6.07, 6.45) is 0.630. The van der Waals surface area contributed by atoms with E-state index in [1.54, 1.807) is 19.1 Å². The third-order valence-electron chi connectivity index (χ3n) is 3.08. The molecule has 7 heteroatoms. The molecule has 112 valence electrons. The maximum atomic E-state index is 12.3. The number of carbonyl (C=O) groups excluding carboxylic acids is 1. The summed E-state index contributed by atoms with van der Waals surface area (Å²) in [5.41, 5.74) is 0. The Kier molecular flexibility index (Phi) is 5.98. The molecule has 0 saturated heterocycles. The van der Waals surface area contributed by atoms with Gasteiger partial charge in [-0.25, -0.2) is 8.42 Å². The first kappa shape index (κ1) is 16.9. The number of ether oxygens (including phenoxy) is 1. The standard InChI is InChI=1S/C13H18ClNO4S/c1-4-9(2)12(13(16)19-3)15-20(17,18)11-8-6-5-7-10(11)14/h5-9,12,15H,4H2,1-3H3/t9-,12+/m0/s1. The molecule has 0 saturated carbocycles. The maximum absolute atomic E-state index is 12.3. The highest BCUT2D eigenvalue weighted by molar-refractivity contribution is 7.89. The third kappa shape index (κ3) is 3.94. The van der Waals surface area contributed by atoms with Crippen LogP contribution in [-0.2, 0) is 19.6 Å². The maximum Gasteiger partial charge on any atom is 0.324 e. The van der Waals surface area contributed by atoms with Crippen LogP contribution in [0.4, 0.5) is 0 Å². The van der Waals surface area contributed by atoms with Crippen molar-refractivity contribution < 1.29 is 17.9 Å². The number of methoxy groups -OCH3 is 1. The minimum Gasteiger partial charge on any atom is -0.468 e. The van der Waals surface area contributed by atoms with Gasteiger partial charge in [-0.3, -0.25) is 4.79 Å². The topological polar surface area (TPSA) is 72.5 Å². The second-order valence-electron chi connectivity index (χ2n) is 4.44. The van der Waals surface area contributed by atoms with Gasteiger partial charge in [-0.05, 0) is 18.1 Å². The lowest BCUT2D eigenvalue weighted by molar-refractivity contribution is -0.143. The Bertz CT molecular complexity index is 573. The van der Waals surface area contributed by atoms with E-state index in [9.17, 15) is 13.2 Å². The quantitative estimate of drug-likeness (QED) is 0.816. The smallest absolute Gasteiger partial charge is 0.324 e. The van der Waals surface area contributed by atoms with Crippen molar-refractivity contribution in [2.75, 3.05) is 7.11 Å². The van der Waals surface area contributed by atoms with E-state index in [1.165, 1.54) is 19.2 Å². The van der Waals surface area contributed by atoms with Crippen LogP contribution in [-0.4, -0.2) is 27.5 Å². The van der Waals surface area contributed by atoms with E-state index in [4.69, 9.17) is 11.6 Å². The fraction of sp³-hybridized carbons (Fsp3) is 0.462. The predicted molar refractivity (Wildman–Crippen MR) is 77.0 cm³/mol. The zero-order valence-electron chi connectivity index (χ0n) is 11.6. The molecule has 1 aromatic carbocycles. The number of halogens is 1. The van der Waals surface area contributed by atoms with Crippen molar-refractivity contribution in [3.8, 4) is 0 Å². The van der Waals surface area contributed by atoms with Crippen LogP contribution < -0.4 is 4.72 Å². The van der Waals surface area contributed by atoms with Gasteiger partial charge in [-0.1, -0.05) is 44.0 Å². The molecule has 0 aliphatic rings. The minimum atomic E-state index is -3.88. The average molecular weight is 320 g/mol. The Morgan fingerprint density at radius 1 is 1.40 bits per heavy atom. The van der Waals surface area contributed by atoms with Crippen molar-refractivity contribution in [3.05, 3.63) is 29.3 Å². The lowest BCUT2D eigenvalue weighted by Crippen LogP contribution is -2.45. The molecule has 0 radical (unpaired) electrons. The molecule has 0 amide bonds. The van der Waals surface area contributed by atoms with Crippen molar-refractivity contribution in [1.82, 2.24) is 4.72 Å². The number of rotatable bonds is 6. The Morgan fingerprint density at radius 2 is 2.00 bits per heavy atom. The number of carbonyl (C=O) groups is 1. The third-order valence-corrected chi connectivity index (χ3v) is 5.02. The Balaban J connectivity index is 3.10. The Morgan fingerprint density at radius 3 is 2.50 bits per heavy atom. The van der Waals surface area contributed by atoms with Gasteiger partial charge in [-0.2, -0.15) is 4.72 Å². The fourth-order valence-corrected chi connectivity index (χ4v) is 3.47. The van der Waals surface area contributed by atoms with Crippen molar-refractivity contribution in [2.45, 2.75) is 31.2 Å². The molecule has 2 atom stereocenters. The van der Waals surface area contributed by atoms with E-state index in [-0.39, 0.29) is 15.8 Å². The minimum absolute atomic E-state index is 0.0566. The van der Waals surface area contributed by atoms with Crippen LogP contribution in [0.25, 0.3) is 0 Å². The van der Waals surface area contributed by atoms with Crippen LogP contribution in [0.1, 0.15) is 20.3 Å². The van der Waals surface area contributed by atoms with E-state index >= 15 is 0 Å². The molecule has 0 bridgehead atoms. The monoisotopic (exact) mass is 319 g/mol. The van der Waals surface area contributed by atoms with Gasteiger partial charge >= 0.3 is 5.97 Å². The van der Waals surface area contributed by atoms with Gasteiger partial charge in [0.25, 0.3) is 0 Å². The zero-order chi connectivity index (χ0) is 15.3. The molecule has 20 heavy (non-hydrogen) atoms. The summed E-state index contributed by atoms with van der Waals surface area (Å²) in [6, 6.07) is 5.12. The molecule has 0 fully saturated rings. The predicted octanol–water partition coefficient (Wildman–Crippen LogP) is 2.21. The normalized spacial score (nSPS) is 14.6. The van der Waals surface area contributed by atoms with Crippen molar-refractivity contribution in [1.29, 1.82) is 0 Å². The summed E-state index contributed by atoms with van der Waals surface area (Å²) >= 11 is 5.88. The zero-order valence-corrected chi connectivity index (χ0v) is 13.2. The SMILES string of the molecule is CC[C@H](C)[C@@H](NS(=O)(=O)c1ccccc1Cl)C(=O)OC. The van der Waals surface area contributed by atoms with E-state index in [0.29, 0.717) is 6.42 Å². The molecule has 0 spiro atoms. The van der Waals surface area contributed by atoms with Gasteiger partial charge in [0.1, 0.15) is 10.9 Å². The van der Waals surface area contributed by atoms with Gasteiger partial charge in [0.2, 0.25) is 10.0 Å². The summed E-state index contributed by atoms with van der Waals surface area (Å²) in [7, 11) is -2.66. The highest BCUT2D eigenvalue weighted by Crippen LogP contribution is 2.22. The van der Waals surface area contributed by atoms with Crippen LogP contribution in [0.15, 0.2) is 29.2 Å². The first-order valence-electron chi connectivity index (χ1n) is 6.18. The number of hydrogen-bond donors (Lipinski definition) is 1. The van der Waals surface area contributed by atoms with Crippen LogP contribution in [0.2, 0.25) is 5.02 Å². The molecular formula is C13H18ClNO4S. The highest BCUT2D eigenvalue weighted by atomic mass is 35.5. The van der Waals surface area contributed by atoms with Gasteiger partial charge in [-0.15, -0.1) is 0 Å². The van der Waals surface area contributed by atoms with Crippen molar-refractivity contribution in [2.24, 2.45) is 5.92 Å². The van der Waals surface area contributed by atoms with E-state index in [1.807, 2.05) is 6.92 Å². The van der Waals surface area contributed by atoms with E-state index < -0.39 is 22.0 Å². The summed E-state index contributed by atoms with van der Waals surface area (Å²) in [4.78, 5) is 11.7. The molecule has 1 rings (SSSR count). The number of esters is 1. The van der Waals surface area contributed by atoms with Crippen LogP contribution in [0, 0.1) is 5.92 Å². The Hall–Kier alpha value is -1.11. The average Bonchev–Trinajstić information content (AvgIpc) is 2.43. The molecule has 1 N–H and O–H groups in total. The molecule has 0 aliphatic heterocycles. The molecule has 0 heterocycles. The number of nitrogens with one attached hydrogen (secondary N) is 1. The molecule has 1 aromatic rings. The molecule has 0 aromatic heterocycles. The second-order valence-corrected chi connectivity index (χ2v) is 6.53. The molecular weight excluding hydrogens is 302 g/mol. The van der Waals surface area contributed by atoms with E-state index in [0.717, 1.165) is 0 Å². The van der Waals surface area contributed by atoms with Crippen LogP contribution >= 0.6 is 11.6 Å². The van der Waals surface area contributed by atoms with Gasteiger partial charge < -0.3 is 4.74 Å². The van der Waals surface area contributed by atoms with E-state index in [2.05, 4.69) is 9.46 Å². The Labute approximate surface area is 124 Å². The lowest BCUT2D eigenvalue weighted by atomic mass is 10.0. The number of sulfonamides is 1. The van der Waals surface area contributed by atoms with Crippen LogP contribution in [0.3, 0.4) is 0 Å². The van der Waals surface area contributed by atoms with Crippen LogP contribution in [0.5, 0.6) is 0 Å². The second kappa shape index (κ2) is 7.06. The fourth-order valence-electron chi connectivity index (χ4n) is 1.65. The summed E-state index contributed by atoms with van der Waals surface area (Å²) in [6.45, 7) is 3.64. The summed E-state index contributed by atoms with van der Waals surface area (Å²) in [5.74, 6) is -0.810. The first-order valence-corrected chi connectivity index (χ1v) is 8.04. The highest BCUT2D eigenvalue weighted by Gasteiger charge is 2.31. The molecule has 5 nitrogen and oxygen atoms in total. The number of hydrogen-bond acceptors (Lipinski definition) is 4. The first-order chi connectivity index (χ1) is 9.33. The van der Waals surface area contributed by atoms with Gasteiger partial charge in [0, 0.05) is 0 Å². The van der Waals surface area contributed by atoms with Gasteiger partial charge in [0.15, 0.2) is 0 Å².